The number of nitrogens with one attached hydrogen (secondary N) is 1. The molecule has 1 heterocycles. The minimum absolute atomic E-state index is 0.186. The summed E-state index contributed by atoms with van der Waals surface area (Å²) in [6.07, 6.45) is 1.86. The zero-order valence-electron chi connectivity index (χ0n) is 9.34. The van der Waals surface area contributed by atoms with Gasteiger partial charge in [-0.15, -0.1) is 0 Å². The molecule has 15 heavy (non-hydrogen) atoms. The monoisotopic (exact) mass is 203 g/mol. The van der Waals surface area contributed by atoms with Crippen LogP contribution in [-0.2, 0) is 11.2 Å². The summed E-state index contributed by atoms with van der Waals surface area (Å²) in [4.78, 5) is 11.4. The van der Waals surface area contributed by atoms with Gasteiger partial charge in [-0.05, 0) is 32.3 Å². The molecule has 1 atom stereocenters. The van der Waals surface area contributed by atoms with Crippen molar-refractivity contribution in [1.29, 1.82) is 0 Å². The Morgan fingerprint density at radius 2 is 1.93 bits per heavy atom. The minimum atomic E-state index is 0.186. The molecule has 0 saturated carbocycles. The van der Waals surface area contributed by atoms with Crippen molar-refractivity contribution in [2.75, 3.05) is 6.54 Å². The molecule has 2 nitrogen and oxygen atoms in total. The highest BCUT2D eigenvalue weighted by molar-refractivity contribution is 5.80. The highest BCUT2D eigenvalue weighted by Crippen LogP contribution is 2.18. The van der Waals surface area contributed by atoms with E-state index in [9.17, 15) is 4.79 Å². The molecule has 0 spiro atoms. The summed E-state index contributed by atoms with van der Waals surface area (Å²) >= 11 is 0. The van der Waals surface area contributed by atoms with Crippen LogP contribution >= 0.6 is 0 Å². The summed E-state index contributed by atoms with van der Waals surface area (Å²) < 4.78 is 0. The molecule has 2 rings (SSSR count). The number of amides is 1. The fourth-order valence-corrected chi connectivity index (χ4v) is 2.31. The summed E-state index contributed by atoms with van der Waals surface area (Å²) in [6.45, 7) is 5.05. The maximum absolute atomic E-state index is 11.4. The van der Waals surface area contributed by atoms with E-state index in [0.29, 0.717) is 0 Å². The highest BCUT2D eigenvalue weighted by atomic mass is 16.2. The lowest BCUT2D eigenvalue weighted by Crippen LogP contribution is -2.20. The molecule has 1 aliphatic heterocycles. The summed E-state index contributed by atoms with van der Waals surface area (Å²) in [5.41, 5.74) is 3.85. The van der Waals surface area contributed by atoms with Crippen LogP contribution in [0, 0.1) is 19.8 Å². The number of hydrogen-bond donors (Lipinski definition) is 1. The third-order valence-corrected chi connectivity index (χ3v) is 2.93. The van der Waals surface area contributed by atoms with E-state index in [0.717, 1.165) is 19.4 Å². The largest absolute Gasteiger partial charge is 0.356 e. The van der Waals surface area contributed by atoms with Crippen LogP contribution in [0.2, 0.25) is 0 Å². The predicted octanol–water partition coefficient (Wildman–Crippen LogP) is 1.98. The van der Waals surface area contributed by atoms with Gasteiger partial charge in [0.25, 0.3) is 0 Å². The summed E-state index contributed by atoms with van der Waals surface area (Å²) in [5.74, 6) is 0.403. The lowest BCUT2D eigenvalue weighted by Gasteiger charge is -2.08. The second-order valence-corrected chi connectivity index (χ2v) is 4.48. The SMILES string of the molecule is Cc1cc(C)cc(CC2CCNC2=O)c1. The van der Waals surface area contributed by atoms with E-state index in [1.54, 1.807) is 0 Å². The maximum atomic E-state index is 11.4. The average molecular weight is 203 g/mol. The second kappa shape index (κ2) is 4.05. The molecule has 1 saturated heterocycles. The van der Waals surface area contributed by atoms with Gasteiger partial charge in [0.2, 0.25) is 5.91 Å². The van der Waals surface area contributed by atoms with Gasteiger partial charge < -0.3 is 5.32 Å². The van der Waals surface area contributed by atoms with Crippen LogP contribution in [0.3, 0.4) is 0 Å². The van der Waals surface area contributed by atoms with Crippen molar-refractivity contribution in [3.05, 3.63) is 34.9 Å². The Kier molecular flexibility index (Phi) is 2.76. The number of hydrogen-bond acceptors (Lipinski definition) is 1. The van der Waals surface area contributed by atoms with Gasteiger partial charge in [-0.25, -0.2) is 0 Å². The summed E-state index contributed by atoms with van der Waals surface area (Å²) in [5, 5.41) is 2.88. The Bertz CT molecular complexity index is 364. The molecular formula is C13H17NO. The van der Waals surface area contributed by atoms with Gasteiger partial charge in [0.15, 0.2) is 0 Å². The van der Waals surface area contributed by atoms with Crippen molar-refractivity contribution in [2.24, 2.45) is 5.92 Å². The van der Waals surface area contributed by atoms with Crippen molar-refractivity contribution in [1.82, 2.24) is 5.32 Å². The first-order valence-electron chi connectivity index (χ1n) is 5.50. The maximum Gasteiger partial charge on any atom is 0.223 e. The van der Waals surface area contributed by atoms with E-state index in [2.05, 4.69) is 37.4 Å². The second-order valence-electron chi connectivity index (χ2n) is 4.48. The van der Waals surface area contributed by atoms with Crippen molar-refractivity contribution in [3.8, 4) is 0 Å². The number of carbonyl (C=O) groups is 1. The van der Waals surface area contributed by atoms with E-state index < -0.39 is 0 Å². The van der Waals surface area contributed by atoms with Crippen LogP contribution in [0.25, 0.3) is 0 Å². The van der Waals surface area contributed by atoms with Gasteiger partial charge in [-0.1, -0.05) is 29.3 Å². The Labute approximate surface area is 90.7 Å². The molecule has 1 N–H and O–H groups in total. The fraction of sp³-hybridized carbons (Fsp3) is 0.462. The summed E-state index contributed by atoms with van der Waals surface area (Å²) in [7, 11) is 0. The Morgan fingerprint density at radius 1 is 1.27 bits per heavy atom. The standard InChI is InChI=1S/C13H17NO/c1-9-5-10(2)7-11(6-9)8-12-3-4-14-13(12)15/h5-7,12H,3-4,8H2,1-2H3,(H,14,15). The van der Waals surface area contributed by atoms with E-state index >= 15 is 0 Å². The molecule has 1 aliphatic rings. The first-order chi connectivity index (χ1) is 7.15. The highest BCUT2D eigenvalue weighted by Gasteiger charge is 2.23. The van der Waals surface area contributed by atoms with Crippen LogP contribution < -0.4 is 5.32 Å². The Morgan fingerprint density at radius 3 is 2.47 bits per heavy atom. The Balaban J connectivity index is 2.13. The van der Waals surface area contributed by atoms with E-state index in [1.807, 2.05) is 0 Å². The van der Waals surface area contributed by atoms with Crippen LogP contribution in [0.1, 0.15) is 23.1 Å². The molecule has 1 aromatic carbocycles. The molecule has 2 heteroatoms. The molecule has 0 bridgehead atoms. The van der Waals surface area contributed by atoms with E-state index in [1.165, 1.54) is 16.7 Å². The zero-order valence-corrected chi connectivity index (χ0v) is 9.34. The van der Waals surface area contributed by atoms with Gasteiger partial charge >= 0.3 is 0 Å². The molecular weight excluding hydrogens is 186 g/mol. The third-order valence-electron chi connectivity index (χ3n) is 2.93. The predicted molar refractivity (Wildman–Crippen MR) is 60.7 cm³/mol. The van der Waals surface area contributed by atoms with Crippen LogP contribution in [0.4, 0.5) is 0 Å². The Hall–Kier alpha value is -1.31. The van der Waals surface area contributed by atoms with Crippen molar-refractivity contribution >= 4 is 5.91 Å². The van der Waals surface area contributed by atoms with E-state index in [4.69, 9.17) is 0 Å². The molecule has 1 amide bonds. The molecule has 1 unspecified atom stereocenters. The minimum Gasteiger partial charge on any atom is -0.356 e. The lowest BCUT2D eigenvalue weighted by molar-refractivity contribution is -0.122. The normalized spacial score (nSPS) is 20.4. The first kappa shape index (κ1) is 10.2. The van der Waals surface area contributed by atoms with Crippen LogP contribution in [0.15, 0.2) is 18.2 Å². The van der Waals surface area contributed by atoms with Gasteiger partial charge in [0, 0.05) is 12.5 Å². The third kappa shape index (κ3) is 2.38. The van der Waals surface area contributed by atoms with E-state index in [-0.39, 0.29) is 11.8 Å². The molecule has 1 fully saturated rings. The van der Waals surface area contributed by atoms with Gasteiger partial charge in [-0.3, -0.25) is 4.79 Å². The smallest absolute Gasteiger partial charge is 0.223 e. The number of rotatable bonds is 2. The average Bonchev–Trinajstić information content (AvgIpc) is 2.50. The molecule has 1 aromatic rings. The quantitative estimate of drug-likeness (QED) is 0.782. The molecule has 0 aliphatic carbocycles. The van der Waals surface area contributed by atoms with Gasteiger partial charge in [0.1, 0.15) is 0 Å². The van der Waals surface area contributed by atoms with Crippen molar-refractivity contribution in [2.45, 2.75) is 26.7 Å². The lowest BCUT2D eigenvalue weighted by atomic mass is 9.96. The number of aryl methyl sites for hydroxylation is 2. The zero-order chi connectivity index (χ0) is 10.8. The van der Waals surface area contributed by atoms with Crippen molar-refractivity contribution in [3.63, 3.8) is 0 Å². The van der Waals surface area contributed by atoms with Crippen molar-refractivity contribution < 1.29 is 4.79 Å². The topological polar surface area (TPSA) is 29.1 Å². The number of carbonyl (C=O) groups excluding carboxylic acids is 1. The first-order valence-corrected chi connectivity index (χ1v) is 5.50. The molecule has 0 aromatic heterocycles. The number of benzene rings is 1. The van der Waals surface area contributed by atoms with Gasteiger partial charge in [0.05, 0.1) is 0 Å². The van der Waals surface area contributed by atoms with Crippen LogP contribution in [0.5, 0.6) is 0 Å². The van der Waals surface area contributed by atoms with Crippen LogP contribution in [-0.4, -0.2) is 12.5 Å². The summed E-state index contributed by atoms with van der Waals surface area (Å²) in [6, 6.07) is 6.52. The van der Waals surface area contributed by atoms with Gasteiger partial charge in [-0.2, -0.15) is 0 Å². The fourth-order valence-electron chi connectivity index (χ4n) is 2.31. The molecule has 0 radical (unpaired) electrons. The molecule has 80 valence electrons.